The number of benzene rings is 2. The van der Waals surface area contributed by atoms with Gasteiger partial charge in [-0.3, -0.25) is 4.79 Å². The van der Waals surface area contributed by atoms with Crippen LogP contribution in [0.4, 0.5) is 0 Å². The van der Waals surface area contributed by atoms with Gasteiger partial charge in [0, 0.05) is 17.6 Å². The van der Waals surface area contributed by atoms with E-state index in [1.807, 2.05) is 18.2 Å². The van der Waals surface area contributed by atoms with Gasteiger partial charge in [0.15, 0.2) is 27.9 Å². The number of halogens is 1. The van der Waals surface area contributed by atoms with E-state index in [2.05, 4.69) is 0 Å². The smallest absolute Gasteiger partial charge is 0.261 e. The average Bonchev–Trinajstić information content (AvgIpc) is 3.05. The van der Waals surface area contributed by atoms with E-state index in [-0.39, 0.29) is 30.6 Å². The molecule has 1 atom stereocenters. The Bertz CT molecular complexity index is 947. The number of carbonyl (C=O) groups is 1. The number of rotatable bonds is 7. The number of sulfone groups is 1. The van der Waals surface area contributed by atoms with Gasteiger partial charge in [0.2, 0.25) is 0 Å². The Balaban J connectivity index is 1.77. The van der Waals surface area contributed by atoms with E-state index in [1.165, 1.54) is 7.11 Å². The molecular weight excluding hydrogens is 402 g/mol. The second-order valence-electron chi connectivity index (χ2n) is 6.61. The Labute approximate surface area is 169 Å². The quantitative estimate of drug-likeness (QED) is 0.684. The molecule has 28 heavy (non-hydrogen) atoms. The van der Waals surface area contributed by atoms with Crippen LogP contribution in [0.3, 0.4) is 0 Å². The SMILES string of the molecule is COc1ccccc1OCC(=O)N(Cc1ccccc1Cl)[C@@H]1CCS(=O)(=O)C1. The summed E-state index contributed by atoms with van der Waals surface area (Å²) < 4.78 is 34.8. The van der Waals surface area contributed by atoms with Gasteiger partial charge in [-0.1, -0.05) is 41.9 Å². The van der Waals surface area contributed by atoms with Gasteiger partial charge in [-0.25, -0.2) is 8.42 Å². The fraction of sp³-hybridized carbons (Fsp3) is 0.350. The first kappa shape index (κ1) is 20.5. The number of amides is 1. The first-order valence-corrected chi connectivity index (χ1v) is 11.1. The van der Waals surface area contributed by atoms with Gasteiger partial charge in [0.25, 0.3) is 5.91 Å². The normalized spacial score (nSPS) is 17.9. The van der Waals surface area contributed by atoms with E-state index in [4.69, 9.17) is 21.1 Å². The van der Waals surface area contributed by atoms with Crippen LogP contribution in [0, 0.1) is 0 Å². The van der Waals surface area contributed by atoms with Crippen LogP contribution in [-0.4, -0.2) is 50.5 Å². The van der Waals surface area contributed by atoms with E-state index in [9.17, 15) is 13.2 Å². The highest BCUT2D eigenvalue weighted by Gasteiger charge is 2.35. The minimum atomic E-state index is -3.14. The zero-order chi connectivity index (χ0) is 20.1. The molecule has 2 aromatic carbocycles. The Hall–Kier alpha value is -2.25. The average molecular weight is 424 g/mol. The first-order chi connectivity index (χ1) is 13.4. The third kappa shape index (κ3) is 4.97. The van der Waals surface area contributed by atoms with Crippen molar-refractivity contribution in [3.63, 3.8) is 0 Å². The number of hydrogen-bond acceptors (Lipinski definition) is 5. The van der Waals surface area contributed by atoms with E-state index >= 15 is 0 Å². The predicted octanol–water partition coefficient (Wildman–Crippen LogP) is 2.94. The molecule has 1 saturated heterocycles. The summed E-state index contributed by atoms with van der Waals surface area (Å²) in [5, 5.41) is 0.534. The van der Waals surface area contributed by atoms with Crippen LogP contribution in [0.2, 0.25) is 5.02 Å². The van der Waals surface area contributed by atoms with Crippen molar-refractivity contribution in [2.75, 3.05) is 25.2 Å². The van der Waals surface area contributed by atoms with Gasteiger partial charge in [0.1, 0.15) is 0 Å². The van der Waals surface area contributed by atoms with Crippen LogP contribution in [0.1, 0.15) is 12.0 Å². The van der Waals surface area contributed by atoms with Crippen molar-refractivity contribution >= 4 is 27.3 Å². The van der Waals surface area contributed by atoms with Crippen molar-refractivity contribution < 1.29 is 22.7 Å². The molecule has 0 aliphatic carbocycles. The van der Waals surface area contributed by atoms with Gasteiger partial charge in [-0.15, -0.1) is 0 Å². The largest absolute Gasteiger partial charge is 0.493 e. The lowest BCUT2D eigenvalue weighted by Crippen LogP contribution is -2.43. The van der Waals surface area contributed by atoms with Crippen molar-refractivity contribution in [1.82, 2.24) is 4.90 Å². The first-order valence-electron chi connectivity index (χ1n) is 8.89. The van der Waals surface area contributed by atoms with Crippen molar-refractivity contribution in [2.45, 2.75) is 19.0 Å². The monoisotopic (exact) mass is 423 g/mol. The van der Waals surface area contributed by atoms with Crippen molar-refractivity contribution in [1.29, 1.82) is 0 Å². The maximum atomic E-state index is 13.0. The molecule has 150 valence electrons. The third-order valence-electron chi connectivity index (χ3n) is 4.69. The molecule has 8 heteroatoms. The molecule has 0 N–H and O–H groups in total. The molecule has 1 amide bonds. The van der Waals surface area contributed by atoms with E-state index < -0.39 is 15.9 Å². The molecule has 0 aromatic heterocycles. The number of nitrogens with zero attached hydrogens (tertiary/aromatic N) is 1. The lowest BCUT2D eigenvalue weighted by atomic mass is 10.1. The molecule has 0 bridgehead atoms. The Morgan fingerprint density at radius 3 is 2.46 bits per heavy atom. The maximum absolute atomic E-state index is 13.0. The van der Waals surface area contributed by atoms with E-state index in [0.29, 0.717) is 22.9 Å². The predicted molar refractivity (Wildman–Crippen MR) is 108 cm³/mol. The van der Waals surface area contributed by atoms with E-state index in [1.54, 1.807) is 35.2 Å². The van der Waals surface area contributed by atoms with Crippen LogP contribution < -0.4 is 9.47 Å². The second kappa shape index (κ2) is 8.84. The summed E-state index contributed by atoms with van der Waals surface area (Å²) in [5.41, 5.74) is 0.763. The molecule has 0 saturated carbocycles. The van der Waals surface area contributed by atoms with Crippen LogP contribution in [0.15, 0.2) is 48.5 Å². The molecule has 1 fully saturated rings. The summed E-state index contributed by atoms with van der Waals surface area (Å²) in [4.78, 5) is 14.5. The summed E-state index contributed by atoms with van der Waals surface area (Å²) >= 11 is 6.24. The second-order valence-corrected chi connectivity index (χ2v) is 9.25. The fourth-order valence-electron chi connectivity index (χ4n) is 3.21. The highest BCUT2D eigenvalue weighted by molar-refractivity contribution is 7.91. The zero-order valence-corrected chi connectivity index (χ0v) is 17.1. The molecule has 0 unspecified atom stereocenters. The van der Waals surface area contributed by atoms with Gasteiger partial charge >= 0.3 is 0 Å². The molecule has 0 radical (unpaired) electrons. The highest BCUT2D eigenvalue weighted by Crippen LogP contribution is 2.27. The maximum Gasteiger partial charge on any atom is 0.261 e. The van der Waals surface area contributed by atoms with Crippen molar-refractivity contribution in [2.24, 2.45) is 0 Å². The standard InChI is InChI=1S/C20H22ClNO5S/c1-26-18-8-4-5-9-19(18)27-13-20(23)22(16-10-11-28(24,25)14-16)12-15-6-2-3-7-17(15)21/h2-9,16H,10-14H2,1H3/t16-/m1/s1. The molecule has 3 rings (SSSR count). The minimum Gasteiger partial charge on any atom is -0.493 e. The molecular formula is C20H22ClNO5S. The molecule has 6 nitrogen and oxygen atoms in total. The van der Waals surface area contributed by atoms with Gasteiger partial charge in [-0.05, 0) is 30.2 Å². The van der Waals surface area contributed by atoms with Crippen molar-refractivity contribution in [3.8, 4) is 11.5 Å². The van der Waals surface area contributed by atoms with Crippen LogP contribution in [-0.2, 0) is 21.2 Å². The van der Waals surface area contributed by atoms with E-state index in [0.717, 1.165) is 5.56 Å². The Morgan fingerprint density at radius 2 is 1.82 bits per heavy atom. The minimum absolute atomic E-state index is 0.0438. The Kier molecular flexibility index (Phi) is 6.46. The lowest BCUT2D eigenvalue weighted by Gasteiger charge is -2.29. The number of methoxy groups -OCH3 is 1. The highest BCUT2D eigenvalue weighted by atomic mass is 35.5. The summed E-state index contributed by atoms with van der Waals surface area (Å²) in [6.07, 6.45) is 0.410. The van der Waals surface area contributed by atoms with Gasteiger partial charge in [0.05, 0.1) is 18.6 Å². The summed E-state index contributed by atoms with van der Waals surface area (Å²) in [5.74, 6) is 0.717. The number of ether oxygens (including phenoxy) is 2. The summed E-state index contributed by atoms with van der Waals surface area (Å²) in [6.45, 7) is 0.00928. The van der Waals surface area contributed by atoms with Gasteiger partial charge in [-0.2, -0.15) is 0 Å². The molecule has 1 aliphatic heterocycles. The Morgan fingerprint density at radius 1 is 1.14 bits per heavy atom. The van der Waals surface area contributed by atoms with Crippen LogP contribution in [0.25, 0.3) is 0 Å². The number of para-hydroxylation sites is 2. The van der Waals surface area contributed by atoms with Crippen LogP contribution in [0.5, 0.6) is 11.5 Å². The van der Waals surface area contributed by atoms with Crippen LogP contribution >= 0.6 is 11.6 Å². The van der Waals surface area contributed by atoms with Gasteiger partial charge < -0.3 is 14.4 Å². The lowest BCUT2D eigenvalue weighted by molar-refractivity contribution is -0.136. The summed E-state index contributed by atoms with van der Waals surface area (Å²) in [7, 11) is -1.62. The number of hydrogen-bond donors (Lipinski definition) is 0. The molecule has 1 aliphatic rings. The fourth-order valence-corrected chi connectivity index (χ4v) is 5.14. The molecule has 1 heterocycles. The summed E-state index contributed by atoms with van der Waals surface area (Å²) in [6, 6.07) is 13.9. The number of carbonyl (C=O) groups excluding carboxylic acids is 1. The third-order valence-corrected chi connectivity index (χ3v) is 6.81. The molecule has 0 spiro atoms. The molecule has 2 aromatic rings. The topological polar surface area (TPSA) is 72.9 Å². The zero-order valence-electron chi connectivity index (χ0n) is 15.5. The van der Waals surface area contributed by atoms with Crippen molar-refractivity contribution in [3.05, 3.63) is 59.1 Å².